The average molecular weight is 465 g/mol. The standard InChI is InChI=1S/C19H36N4O5S2/c1-10(2)8-14(19(27)28)22-17(25)13(6-7-30-5)21-18(26)15(11(3)4)23-16(24)12(20)9-29/h10-15,29H,6-9,20H2,1-5H3,(H,21,26)(H,22,25)(H,23,24)(H,27,28). The van der Waals surface area contributed by atoms with Gasteiger partial charge in [-0.05, 0) is 36.7 Å². The van der Waals surface area contributed by atoms with E-state index in [9.17, 15) is 24.3 Å². The van der Waals surface area contributed by atoms with Gasteiger partial charge in [-0.15, -0.1) is 0 Å². The lowest BCUT2D eigenvalue weighted by Crippen LogP contribution is -2.58. The van der Waals surface area contributed by atoms with Gasteiger partial charge in [0.1, 0.15) is 18.1 Å². The highest BCUT2D eigenvalue weighted by Crippen LogP contribution is 2.09. The summed E-state index contributed by atoms with van der Waals surface area (Å²) in [6.07, 6.45) is 2.46. The van der Waals surface area contributed by atoms with Crippen molar-refractivity contribution in [3.8, 4) is 0 Å². The molecule has 0 fully saturated rings. The molecule has 0 bridgehead atoms. The summed E-state index contributed by atoms with van der Waals surface area (Å²) >= 11 is 5.48. The van der Waals surface area contributed by atoms with Gasteiger partial charge in [0.2, 0.25) is 17.7 Å². The van der Waals surface area contributed by atoms with Crippen molar-refractivity contribution < 1.29 is 24.3 Å². The molecule has 0 radical (unpaired) electrons. The van der Waals surface area contributed by atoms with Crippen molar-refractivity contribution in [3.63, 3.8) is 0 Å². The first-order valence-corrected chi connectivity index (χ1v) is 12.0. The van der Waals surface area contributed by atoms with E-state index < -0.39 is 47.9 Å². The molecule has 4 atom stereocenters. The third-order valence-corrected chi connectivity index (χ3v) is 5.38. The van der Waals surface area contributed by atoms with Crippen molar-refractivity contribution >= 4 is 48.1 Å². The van der Waals surface area contributed by atoms with Gasteiger partial charge in [0.25, 0.3) is 0 Å². The maximum atomic E-state index is 12.8. The summed E-state index contributed by atoms with van der Waals surface area (Å²) in [5.41, 5.74) is 5.66. The number of nitrogens with one attached hydrogen (secondary N) is 3. The van der Waals surface area contributed by atoms with E-state index in [0.717, 1.165) is 0 Å². The first-order chi connectivity index (χ1) is 13.9. The Morgan fingerprint density at radius 3 is 1.97 bits per heavy atom. The van der Waals surface area contributed by atoms with Gasteiger partial charge in [0.15, 0.2) is 0 Å². The zero-order chi connectivity index (χ0) is 23.4. The average Bonchev–Trinajstić information content (AvgIpc) is 2.66. The Kier molecular flexibility index (Phi) is 13.8. The highest BCUT2D eigenvalue weighted by atomic mass is 32.2. The van der Waals surface area contributed by atoms with Crippen LogP contribution < -0.4 is 21.7 Å². The predicted octanol–water partition coefficient (Wildman–Crippen LogP) is 0.238. The summed E-state index contributed by atoms with van der Waals surface area (Å²) in [5.74, 6) is -2.19. The molecule has 11 heteroatoms. The topological polar surface area (TPSA) is 151 Å². The molecule has 0 saturated heterocycles. The van der Waals surface area contributed by atoms with Gasteiger partial charge >= 0.3 is 5.97 Å². The molecule has 3 amide bonds. The monoisotopic (exact) mass is 464 g/mol. The van der Waals surface area contributed by atoms with Crippen molar-refractivity contribution in [2.45, 2.75) is 64.7 Å². The maximum Gasteiger partial charge on any atom is 0.326 e. The Bertz CT molecular complexity index is 589. The van der Waals surface area contributed by atoms with Gasteiger partial charge in [-0.25, -0.2) is 4.79 Å². The second-order valence-corrected chi connectivity index (χ2v) is 9.24. The fourth-order valence-electron chi connectivity index (χ4n) is 2.61. The molecule has 30 heavy (non-hydrogen) atoms. The summed E-state index contributed by atoms with van der Waals surface area (Å²) < 4.78 is 0. The first-order valence-electron chi connectivity index (χ1n) is 9.93. The SMILES string of the molecule is CSCCC(NC(=O)C(NC(=O)C(N)CS)C(C)C)C(=O)NC(CC(C)C)C(=O)O. The van der Waals surface area contributed by atoms with E-state index in [0.29, 0.717) is 12.2 Å². The van der Waals surface area contributed by atoms with Crippen LogP contribution in [0.3, 0.4) is 0 Å². The molecule has 0 aromatic heterocycles. The Labute approximate surface area is 188 Å². The molecule has 6 N–H and O–H groups in total. The van der Waals surface area contributed by atoms with E-state index in [1.165, 1.54) is 11.8 Å². The number of carboxylic acid groups (broad SMARTS) is 1. The third-order valence-electron chi connectivity index (χ3n) is 4.35. The minimum absolute atomic E-state index is 0.0715. The molecule has 9 nitrogen and oxygen atoms in total. The third kappa shape index (κ3) is 10.5. The molecule has 0 heterocycles. The summed E-state index contributed by atoms with van der Waals surface area (Å²) in [6.45, 7) is 7.24. The van der Waals surface area contributed by atoms with Crippen LogP contribution in [-0.4, -0.2) is 70.7 Å². The van der Waals surface area contributed by atoms with E-state index in [2.05, 4.69) is 28.6 Å². The molecule has 0 aromatic carbocycles. The van der Waals surface area contributed by atoms with Crippen LogP contribution in [0, 0.1) is 11.8 Å². The van der Waals surface area contributed by atoms with Gasteiger partial charge in [0.05, 0.1) is 6.04 Å². The van der Waals surface area contributed by atoms with Crippen molar-refractivity contribution in [2.24, 2.45) is 17.6 Å². The highest BCUT2D eigenvalue weighted by molar-refractivity contribution is 7.98. The van der Waals surface area contributed by atoms with Crippen LogP contribution in [0.2, 0.25) is 0 Å². The molecule has 0 spiro atoms. The van der Waals surface area contributed by atoms with E-state index in [4.69, 9.17) is 5.73 Å². The van der Waals surface area contributed by atoms with Crippen LogP contribution in [0.5, 0.6) is 0 Å². The smallest absolute Gasteiger partial charge is 0.326 e. The number of hydrogen-bond acceptors (Lipinski definition) is 7. The summed E-state index contributed by atoms with van der Waals surface area (Å²) in [4.78, 5) is 49.1. The molecule has 0 aliphatic heterocycles. The van der Waals surface area contributed by atoms with E-state index in [1.807, 2.05) is 20.1 Å². The Hall–Kier alpha value is -1.46. The second-order valence-electron chi connectivity index (χ2n) is 7.89. The number of rotatable bonds is 14. The maximum absolute atomic E-state index is 12.8. The number of amides is 3. The van der Waals surface area contributed by atoms with Crippen molar-refractivity contribution in [1.82, 2.24) is 16.0 Å². The van der Waals surface area contributed by atoms with Gasteiger partial charge in [-0.1, -0.05) is 27.7 Å². The number of carbonyl (C=O) groups is 4. The van der Waals surface area contributed by atoms with Crippen LogP contribution in [0.15, 0.2) is 0 Å². The van der Waals surface area contributed by atoms with E-state index >= 15 is 0 Å². The van der Waals surface area contributed by atoms with Crippen molar-refractivity contribution in [1.29, 1.82) is 0 Å². The molecule has 0 rings (SSSR count). The van der Waals surface area contributed by atoms with Gasteiger partial charge in [0, 0.05) is 5.75 Å². The van der Waals surface area contributed by atoms with Crippen molar-refractivity contribution in [3.05, 3.63) is 0 Å². The number of aliphatic carboxylic acids is 1. The quantitative estimate of drug-likeness (QED) is 0.202. The lowest BCUT2D eigenvalue weighted by atomic mass is 10.0. The molecule has 0 saturated carbocycles. The fraction of sp³-hybridized carbons (Fsp3) is 0.789. The Morgan fingerprint density at radius 2 is 1.53 bits per heavy atom. The lowest BCUT2D eigenvalue weighted by Gasteiger charge is -2.27. The Balaban J connectivity index is 5.35. The molecule has 174 valence electrons. The van der Waals surface area contributed by atoms with Gasteiger partial charge in [-0.2, -0.15) is 24.4 Å². The first kappa shape index (κ1) is 28.5. The van der Waals surface area contributed by atoms with Crippen LogP contribution in [0.25, 0.3) is 0 Å². The van der Waals surface area contributed by atoms with Crippen molar-refractivity contribution in [2.75, 3.05) is 17.8 Å². The van der Waals surface area contributed by atoms with Crippen LogP contribution in [0.1, 0.15) is 40.5 Å². The van der Waals surface area contributed by atoms with Gasteiger partial charge < -0.3 is 26.8 Å². The molecule has 0 aliphatic rings. The lowest BCUT2D eigenvalue weighted by molar-refractivity contribution is -0.142. The van der Waals surface area contributed by atoms with E-state index in [-0.39, 0.29) is 24.0 Å². The molecular formula is C19H36N4O5S2. The number of carbonyl (C=O) groups excluding carboxylic acids is 3. The summed E-state index contributed by atoms with van der Waals surface area (Å²) in [6, 6.07) is -3.71. The number of hydrogen-bond donors (Lipinski definition) is 6. The largest absolute Gasteiger partial charge is 0.480 e. The minimum Gasteiger partial charge on any atom is -0.480 e. The normalized spacial score (nSPS) is 15.2. The zero-order valence-corrected chi connectivity index (χ0v) is 20.0. The Morgan fingerprint density at radius 1 is 0.967 bits per heavy atom. The number of thiol groups is 1. The highest BCUT2D eigenvalue weighted by Gasteiger charge is 2.31. The van der Waals surface area contributed by atoms with Crippen LogP contribution >= 0.6 is 24.4 Å². The molecule has 0 aliphatic carbocycles. The summed E-state index contributed by atoms with van der Waals surface area (Å²) in [5, 5.41) is 17.2. The van der Waals surface area contributed by atoms with Crippen LogP contribution in [0.4, 0.5) is 0 Å². The summed E-state index contributed by atoms with van der Waals surface area (Å²) in [7, 11) is 0. The van der Waals surface area contributed by atoms with Crippen LogP contribution in [-0.2, 0) is 19.2 Å². The number of nitrogens with two attached hydrogens (primary N) is 1. The number of carboxylic acids is 1. The minimum atomic E-state index is -1.12. The number of thioether (sulfide) groups is 1. The second kappa shape index (κ2) is 14.5. The zero-order valence-electron chi connectivity index (χ0n) is 18.3. The predicted molar refractivity (Wildman–Crippen MR) is 123 cm³/mol. The molecule has 0 aromatic rings. The molecular weight excluding hydrogens is 428 g/mol. The van der Waals surface area contributed by atoms with E-state index in [1.54, 1.807) is 13.8 Å². The molecule has 4 unspecified atom stereocenters. The van der Waals surface area contributed by atoms with Gasteiger partial charge in [-0.3, -0.25) is 14.4 Å². The fourth-order valence-corrected chi connectivity index (χ4v) is 3.25.